The van der Waals surface area contributed by atoms with E-state index in [2.05, 4.69) is 0 Å². The number of halogens is 2. The van der Waals surface area contributed by atoms with Crippen LogP contribution in [-0.4, -0.2) is 26.0 Å². The minimum atomic E-state index is -4.18. The van der Waals surface area contributed by atoms with Crippen molar-refractivity contribution >= 4 is 44.9 Å². The van der Waals surface area contributed by atoms with Gasteiger partial charge in [-0.1, -0.05) is 40.9 Å². The Kier molecular flexibility index (Phi) is 5.19. The molecule has 2 aromatic carbocycles. The molecule has 0 heterocycles. The summed E-state index contributed by atoms with van der Waals surface area (Å²) in [4.78, 5) is 10.9. The Bertz CT molecular complexity index is 835. The van der Waals surface area contributed by atoms with Gasteiger partial charge in [-0.05, 0) is 37.3 Å². The summed E-state index contributed by atoms with van der Waals surface area (Å²) in [5.41, 5.74) is 1.15. The summed E-state index contributed by atoms with van der Waals surface area (Å²) >= 11 is 11.8. The van der Waals surface area contributed by atoms with Crippen LogP contribution >= 0.6 is 23.2 Å². The maximum absolute atomic E-state index is 12.8. The number of hydrogen-bond donors (Lipinski definition) is 1. The smallest absolute Gasteiger partial charge is 0.324 e. The number of aryl methyl sites for hydroxylation is 1. The molecule has 122 valence electrons. The zero-order chi connectivity index (χ0) is 17.2. The summed E-state index contributed by atoms with van der Waals surface area (Å²) < 4.78 is 26.5. The van der Waals surface area contributed by atoms with E-state index in [9.17, 15) is 13.2 Å². The van der Waals surface area contributed by atoms with Gasteiger partial charge in [0.2, 0.25) is 0 Å². The summed E-state index contributed by atoms with van der Waals surface area (Å²) in [5.74, 6) is -1.28. The molecular formula is C15H13Cl2NO4S. The van der Waals surface area contributed by atoms with Crippen molar-refractivity contribution in [1.29, 1.82) is 0 Å². The van der Waals surface area contributed by atoms with Gasteiger partial charge in [-0.2, -0.15) is 0 Å². The molecule has 0 aliphatic rings. The van der Waals surface area contributed by atoms with Crippen LogP contribution in [0, 0.1) is 6.92 Å². The zero-order valence-electron chi connectivity index (χ0n) is 12.0. The summed E-state index contributed by atoms with van der Waals surface area (Å²) in [7, 11) is -4.18. The third kappa shape index (κ3) is 3.96. The molecule has 8 heteroatoms. The third-order valence-corrected chi connectivity index (χ3v) is 5.55. The van der Waals surface area contributed by atoms with Crippen LogP contribution in [0.3, 0.4) is 0 Å². The highest BCUT2D eigenvalue weighted by molar-refractivity contribution is 7.93. The molecule has 1 N–H and O–H groups in total. The predicted molar refractivity (Wildman–Crippen MR) is 89.8 cm³/mol. The van der Waals surface area contributed by atoms with E-state index < -0.39 is 22.5 Å². The fourth-order valence-corrected chi connectivity index (χ4v) is 4.10. The molecule has 23 heavy (non-hydrogen) atoms. The van der Waals surface area contributed by atoms with Crippen molar-refractivity contribution in [2.24, 2.45) is 0 Å². The number of hydrogen-bond acceptors (Lipinski definition) is 3. The second-order valence-corrected chi connectivity index (χ2v) is 7.49. The number of aliphatic carboxylic acids is 1. The molecule has 2 aromatic rings. The monoisotopic (exact) mass is 373 g/mol. The SMILES string of the molecule is Cc1ccc(N(CC(=O)O)S(=O)(=O)c2cc(Cl)ccc2Cl)cc1. The van der Waals surface area contributed by atoms with Gasteiger partial charge >= 0.3 is 5.97 Å². The van der Waals surface area contributed by atoms with Gasteiger partial charge in [-0.15, -0.1) is 0 Å². The first-order valence-corrected chi connectivity index (χ1v) is 8.67. The molecule has 0 unspecified atom stereocenters. The van der Waals surface area contributed by atoms with Crippen LogP contribution in [0.15, 0.2) is 47.4 Å². The van der Waals surface area contributed by atoms with Crippen LogP contribution in [0.1, 0.15) is 5.56 Å². The van der Waals surface area contributed by atoms with Gasteiger partial charge in [-0.25, -0.2) is 8.42 Å². The van der Waals surface area contributed by atoms with E-state index in [1.165, 1.54) is 30.3 Å². The van der Waals surface area contributed by atoms with Crippen LogP contribution < -0.4 is 4.31 Å². The van der Waals surface area contributed by atoms with Crippen molar-refractivity contribution in [3.05, 3.63) is 58.1 Å². The summed E-state index contributed by atoms with van der Waals surface area (Å²) in [6.07, 6.45) is 0. The van der Waals surface area contributed by atoms with Crippen LogP contribution in [0.5, 0.6) is 0 Å². The van der Waals surface area contributed by atoms with Gasteiger partial charge in [0.25, 0.3) is 10.0 Å². The first kappa shape index (κ1) is 17.6. The molecule has 0 bridgehead atoms. The van der Waals surface area contributed by atoms with E-state index in [-0.39, 0.29) is 20.6 Å². The van der Waals surface area contributed by atoms with Crippen molar-refractivity contribution in [2.75, 3.05) is 10.8 Å². The topological polar surface area (TPSA) is 74.7 Å². The molecule has 0 saturated carbocycles. The summed E-state index contributed by atoms with van der Waals surface area (Å²) in [6, 6.07) is 10.5. The average Bonchev–Trinajstić information content (AvgIpc) is 2.48. The quantitative estimate of drug-likeness (QED) is 0.868. The number of carboxylic acids is 1. The van der Waals surface area contributed by atoms with Crippen LogP contribution in [-0.2, 0) is 14.8 Å². The van der Waals surface area contributed by atoms with Gasteiger partial charge < -0.3 is 5.11 Å². The molecular weight excluding hydrogens is 361 g/mol. The number of nitrogens with zero attached hydrogens (tertiary/aromatic N) is 1. The van der Waals surface area contributed by atoms with Crippen LogP contribution in [0.25, 0.3) is 0 Å². The van der Waals surface area contributed by atoms with Crippen molar-refractivity contribution < 1.29 is 18.3 Å². The highest BCUT2D eigenvalue weighted by Crippen LogP contribution is 2.30. The Labute approximate surface area is 144 Å². The third-order valence-electron chi connectivity index (χ3n) is 3.06. The second kappa shape index (κ2) is 6.78. The maximum Gasteiger partial charge on any atom is 0.324 e. The highest BCUT2D eigenvalue weighted by Gasteiger charge is 2.29. The average molecular weight is 374 g/mol. The molecule has 0 aliphatic heterocycles. The normalized spacial score (nSPS) is 11.3. The predicted octanol–water partition coefficient (Wildman–Crippen LogP) is 3.58. The lowest BCUT2D eigenvalue weighted by Crippen LogP contribution is -2.35. The van der Waals surface area contributed by atoms with Gasteiger partial charge in [0, 0.05) is 5.02 Å². The first-order chi connectivity index (χ1) is 10.7. The number of carbonyl (C=O) groups is 1. The molecule has 0 fully saturated rings. The lowest BCUT2D eigenvalue weighted by atomic mass is 10.2. The number of rotatable bonds is 5. The summed E-state index contributed by atoms with van der Waals surface area (Å²) in [5, 5.41) is 9.23. The van der Waals surface area contributed by atoms with E-state index in [0.29, 0.717) is 0 Å². The minimum absolute atomic E-state index is 0.0306. The lowest BCUT2D eigenvalue weighted by Gasteiger charge is -2.23. The molecule has 0 amide bonds. The van der Waals surface area contributed by atoms with E-state index in [0.717, 1.165) is 9.87 Å². The molecule has 0 saturated heterocycles. The standard InChI is InChI=1S/C15H13Cl2NO4S/c1-10-2-5-12(6-3-10)18(9-15(19)20)23(21,22)14-8-11(16)4-7-13(14)17/h2-8H,9H2,1H3,(H,19,20). The first-order valence-electron chi connectivity index (χ1n) is 6.48. The fraction of sp³-hybridized carbons (Fsp3) is 0.133. The van der Waals surface area contributed by atoms with E-state index >= 15 is 0 Å². The zero-order valence-corrected chi connectivity index (χ0v) is 14.4. The Hall–Kier alpha value is -1.76. The Morgan fingerprint density at radius 2 is 1.74 bits per heavy atom. The number of carboxylic acid groups (broad SMARTS) is 1. The van der Waals surface area contributed by atoms with E-state index in [1.807, 2.05) is 6.92 Å². The number of benzene rings is 2. The van der Waals surface area contributed by atoms with Gasteiger partial charge in [0.05, 0.1) is 10.7 Å². The van der Waals surface area contributed by atoms with Crippen molar-refractivity contribution in [3.63, 3.8) is 0 Å². The van der Waals surface area contributed by atoms with Crippen molar-refractivity contribution in [2.45, 2.75) is 11.8 Å². The number of sulfonamides is 1. The molecule has 0 atom stereocenters. The van der Waals surface area contributed by atoms with Crippen molar-refractivity contribution in [1.82, 2.24) is 0 Å². The fourth-order valence-electron chi connectivity index (χ4n) is 1.94. The largest absolute Gasteiger partial charge is 0.480 e. The molecule has 5 nitrogen and oxygen atoms in total. The highest BCUT2D eigenvalue weighted by atomic mass is 35.5. The van der Waals surface area contributed by atoms with E-state index in [1.54, 1.807) is 12.1 Å². The Balaban J connectivity index is 2.59. The summed E-state index contributed by atoms with van der Waals surface area (Å²) in [6.45, 7) is 1.11. The van der Waals surface area contributed by atoms with Crippen molar-refractivity contribution in [3.8, 4) is 0 Å². The van der Waals surface area contributed by atoms with Crippen LogP contribution in [0.2, 0.25) is 10.0 Å². The second-order valence-electron chi connectivity index (χ2n) is 4.82. The van der Waals surface area contributed by atoms with Gasteiger partial charge in [0.1, 0.15) is 11.4 Å². The maximum atomic E-state index is 12.8. The molecule has 0 aromatic heterocycles. The molecule has 0 spiro atoms. The Morgan fingerprint density at radius 1 is 1.13 bits per heavy atom. The minimum Gasteiger partial charge on any atom is -0.480 e. The van der Waals surface area contributed by atoms with E-state index in [4.69, 9.17) is 28.3 Å². The van der Waals surface area contributed by atoms with Gasteiger partial charge in [0.15, 0.2) is 0 Å². The number of anilines is 1. The molecule has 0 radical (unpaired) electrons. The molecule has 2 rings (SSSR count). The Morgan fingerprint density at radius 3 is 2.30 bits per heavy atom. The van der Waals surface area contributed by atoms with Gasteiger partial charge in [-0.3, -0.25) is 9.10 Å². The molecule has 0 aliphatic carbocycles. The van der Waals surface area contributed by atoms with Crippen LogP contribution in [0.4, 0.5) is 5.69 Å². The lowest BCUT2D eigenvalue weighted by molar-refractivity contribution is -0.135.